The van der Waals surface area contributed by atoms with E-state index in [4.69, 9.17) is 0 Å². The molecule has 23 heavy (non-hydrogen) atoms. The van der Waals surface area contributed by atoms with Crippen molar-refractivity contribution >= 4 is 5.91 Å². The van der Waals surface area contributed by atoms with Crippen LogP contribution in [-0.4, -0.2) is 25.7 Å². The number of aromatic nitrogens is 4. The number of nitrogens with one attached hydrogen (secondary N) is 3. The van der Waals surface area contributed by atoms with Gasteiger partial charge in [-0.2, -0.15) is 18.3 Å². The lowest BCUT2D eigenvalue weighted by atomic mass is 10.1. The minimum Gasteiger partial charge on any atom is -0.351 e. The molecule has 8 nitrogen and oxygen atoms in total. The molecule has 1 amide bonds. The molecule has 2 aromatic rings. The molecule has 124 valence electrons. The SMILES string of the molecule is Cn1cc(CC(=O)NCc2c[nH]c(=O)[nH]c2=O)c(C(F)(F)F)n1. The largest absolute Gasteiger partial charge is 0.435 e. The van der Waals surface area contributed by atoms with Crippen LogP contribution in [0.25, 0.3) is 0 Å². The summed E-state index contributed by atoms with van der Waals surface area (Å²) in [7, 11) is 1.32. The topological polar surface area (TPSA) is 113 Å². The van der Waals surface area contributed by atoms with Gasteiger partial charge in [-0.3, -0.25) is 19.3 Å². The molecule has 11 heteroatoms. The predicted molar refractivity (Wildman–Crippen MR) is 71.4 cm³/mol. The van der Waals surface area contributed by atoms with Crippen LogP contribution < -0.4 is 16.6 Å². The summed E-state index contributed by atoms with van der Waals surface area (Å²) < 4.78 is 39.3. The van der Waals surface area contributed by atoms with Crippen LogP contribution in [0.3, 0.4) is 0 Å². The third kappa shape index (κ3) is 4.08. The number of alkyl halides is 3. The Morgan fingerprint density at radius 1 is 1.35 bits per heavy atom. The molecule has 0 aliphatic heterocycles. The number of halogens is 3. The first-order valence-corrected chi connectivity index (χ1v) is 6.34. The highest BCUT2D eigenvalue weighted by Gasteiger charge is 2.37. The van der Waals surface area contributed by atoms with Crippen molar-refractivity contribution in [3.05, 3.63) is 50.1 Å². The summed E-state index contributed by atoms with van der Waals surface area (Å²) in [4.78, 5) is 38.2. The Morgan fingerprint density at radius 3 is 2.65 bits per heavy atom. The third-order valence-electron chi connectivity index (χ3n) is 2.90. The van der Waals surface area contributed by atoms with Crippen molar-refractivity contribution in [2.75, 3.05) is 0 Å². The molecule has 0 saturated carbocycles. The van der Waals surface area contributed by atoms with E-state index < -0.39 is 35.4 Å². The van der Waals surface area contributed by atoms with Crippen LogP contribution >= 0.6 is 0 Å². The number of rotatable bonds is 4. The molecular formula is C12H12F3N5O3. The minimum atomic E-state index is -4.66. The number of hydrogen-bond donors (Lipinski definition) is 3. The fourth-order valence-electron chi connectivity index (χ4n) is 1.90. The molecule has 0 bridgehead atoms. The number of H-pyrrole nitrogens is 2. The van der Waals surface area contributed by atoms with Gasteiger partial charge in [-0.1, -0.05) is 0 Å². The average molecular weight is 331 g/mol. The van der Waals surface area contributed by atoms with Gasteiger partial charge in [0.2, 0.25) is 5.91 Å². The van der Waals surface area contributed by atoms with E-state index >= 15 is 0 Å². The van der Waals surface area contributed by atoms with Crippen LogP contribution in [0.2, 0.25) is 0 Å². The Morgan fingerprint density at radius 2 is 2.04 bits per heavy atom. The molecule has 0 saturated heterocycles. The zero-order chi connectivity index (χ0) is 17.2. The van der Waals surface area contributed by atoms with Crippen molar-refractivity contribution < 1.29 is 18.0 Å². The van der Waals surface area contributed by atoms with Gasteiger partial charge in [0.05, 0.1) is 12.0 Å². The second kappa shape index (κ2) is 6.10. The van der Waals surface area contributed by atoms with Gasteiger partial charge in [0.15, 0.2) is 5.69 Å². The number of hydrogen-bond acceptors (Lipinski definition) is 4. The van der Waals surface area contributed by atoms with Gasteiger partial charge >= 0.3 is 11.9 Å². The second-order valence-electron chi connectivity index (χ2n) is 4.73. The molecule has 2 rings (SSSR count). The Hall–Kier alpha value is -2.85. The van der Waals surface area contributed by atoms with Crippen molar-refractivity contribution in [2.45, 2.75) is 19.1 Å². The predicted octanol–water partition coefficient (Wildman–Crippen LogP) is -0.326. The zero-order valence-electron chi connectivity index (χ0n) is 11.8. The van der Waals surface area contributed by atoms with Crippen LogP contribution in [0.5, 0.6) is 0 Å². The normalized spacial score (nSPS) is 11.5. The number of nitrogens with zero attached hydrogens (tertiary/aromatic N) is 2. The maximum absolute atomic E-state index is 12.8. The lowest BCUT2D eigenvalue weighted by molar-refractivity contribution is -0.142. The maximum atomic E-state index is 12.8. The van der Waals surface area contributed by atoms with E-state index in [0.29, 0.717) is 0 Å². The van der Waals surface area contributed by atoms with E-state index in [1.807, 2.05) is 4.98 Å². The summed E-state index contributed by atoms with van der Waals surface area (Å²) in [6.45, 7) is -0.230. The second-order valence-corrected chi connectivity index (χ2v) is 4.73. The van der Waals surface area contributed by atoms with Crippen LogP contribution in [-0.2, 0) is 31.0 Å². The Kier molecular flexibility index (Phi) is 4.38. The molecule has 0 aromatic carbocycles. The van der Waals surface area contributed by atoms with Crippen LogP contribution in [0.4, 0.5) is 13.2 Å². The van der Waals surface area contributed by atoms with Gasteiger partial charge < -0.3 is 10.3 Å². The third-order valence-corrected chi connectivity index (χ3v) is 2.90. The van der Waals surface area contributed by atoms with Gasteiger partial charge in [-0.25, -0.2) is 4.79 Å². The number of aryl methyl sites for hydroxylation is 1. The molecule has 0 aliphatic rings. The van der Waals surface area contributed by atoms with E-state index in [1.54, 1.807) is 0 Å². The summed E-state index contributed by atoms with van der Waals surface area (Å²) in [5.74, 6) is -0.714. The highest BCUT2D eigenvalue weighted by Crippen LogP contribution is 2.30. The molecule has 0 fully saturated rings. The fourth-order valence-corrected chi connectivity index (χ4v) is 1.90. The first kappa shape index (κ1) is 16.5. The number of amides is 1. The van der Waals surface area contributed by atoms with Crippen molar-refractivity contribution in [1.82, 2.24) is 25.1 Å². The smallest absolute Gasteiger partial charge is 0.351 e. The summed E-state index contributed by atoms with van der Waals surface area (Å²) in [6.07, 6.45) is -2.97. The maximum Gasteiger partial charge on any atom is 0.435 e. The Balaban J connectivity index is 2.06. The summed E-state index contributed by atoms with van der Waals surface area (Å²) in [5.41, 5.74) is -2.72. The van der Waals surface area contributed by atoms with Crippen molar-refractivity contribution in [1.29, 1.82) is 0 Å². The van der Waals surface area contributed by atoms with Gasteiger partial charge in [0, 0.05) is 31.5 Å². The molecule has 0 radical (unpaired) electrons. The minimum absolute atomic E-state index is 0.0696. The fraction of sp³-hybridized carbons (Fsp3) is 0.333. The molecule has 0 aliphatic carbocycles. The van der Waals surface area contributed by atoms with Crippen LogP contribution in [0.1, 0.15) is 16.8 Å². The van der Waals surface area contributed by atoms with Crippen molar-refractivity contribution in [2.24, 2.45) is 7.05 Å². The first-order valence-electron chi connectivity index (χ1n) is 6.34. The number of carbonyl (C=O) groups excluding carboxylic acids is 1. The zero-order valence-corrected chi connectivity index (χ0v) is 11.8. The Bertz CT molecular complexity index is 833. The lowest BCUT2D eigenvalue weighted by Crippen LogP contribution is -2.31. The molecule has 2 aromatic heterocycles. The van der Waals surface area contributed by atoms with Gasteiger partial charge in [0.1, 0.15) is 0 Å². The monoisotopic (exact) mass is 331 g/mol. The standard InChI is InChI=1S/C12H12F3N5O3/c1-20-5-6(9(19-20)12(13,14)15)2-8(21)16-3-7-4-17-11(23)18-10(7)22/h4-5H,2-3H2,1H3,(H,16,21)(H2,17,18,22,23). The van der Waals surface area contributed by atoms with Gasteiger partial charge in [-0.15, -0.1) is 0 Å². The van der Waals surface area contributed by atoms with Crippen molar-refractivity contribution in [3.63, 3.8) is 0 Å². The molecule has 0 unspecified atom stereocenters. The van der Waals surface area contributed by atoms with Gasteiger partial charge in [-0.05, 0) is 0 Å². The van der Waals surface area contributed by atoms with E-state index in [2.05, 4.69) is 15.4 Å². The van der Waals surface area contributed by atoms with E-state index in [-0.39, 0.29) is 17.7 Å². The van der Waals surface area contributed by atoms with Crippen molar-refractivity contribution in [3.8, 4) is 0 Å². The van der Waals surface area contributed by atoms with Crippen LogP contribution in [0, 0.1) is 0 Å². The van der Waals surface area contributed by atoms with E-state index in [0.717, 1.165) is 17.1 Å². The van der Waals surface area contributed by atoms with E-state index in [1.165, 1.54) is 7.05 Å². The summed E-state index contributed by atoms with van der Waals surface area (Å²) in [5, 5.41) is 5.60. The molecule has 0 atom stereocenters. The first-order chi connectivity index (χ1) is 10.7. The number of aromatic amines is 2. The highest BCUT2D eigenvalue weighted by molar-refractivity contribution is 5.78. The molecule has 0 spiro atoms. The van der Waals surface area contributed by atoms with E-state index in [9.17, 15) is 27.6 Å². The van der Waals surface area contributed by atoms with Crippen LogP contribution in [0.15, 0.2) is 22.0 Å². The quantitative estimate of drug-likeness (QED) is 0.712. The molecule has 2 heterocycles. The highest BCUT2D eigenvalue weighted by atomic mass is 19.4. The Labute approximate surface area is 126 Å². The number of carbonyl (C=O) groups is 1. The summed E-state index contributed by atoms with van der Waals surface area (Å²) in [6, 6.07) is 0. The van der Waals surface area contributed by atoms with Gasteiger partial charge in [0.25, 0.3) is 5.56 Å². The summed E-state index contributed by atoms with van der Waals surface area (Å²) >= 11 is 0. The average Bonchev–Trinajstić information content (AvgIpc) is 2.78. The molecule has 3 N–H and O–H groups in total. The molecular weight excluding hydrogens is 319 g/mol. The lowest BCUT2D eigenvalue weighted by Gasteiger charge is -2.07.